The molecule has 0 saturated carbocycles. The molecule has 1 heterocycles. The lowest BCUT2D eigenvalue weighted by molar-refractivity contribution is -0.139. The zero-order chi connectivity index (χ0) is 15.0. The summed E-state index contributed by atoms with van der Waals surface area (Å²) >= 11 is 0. The van der Waals surface area contributed by atoms with Crippen LogP contribution >= 0.6 is 0 Å². The lowest BCUT2D eigenvalue weighted by atomic mass is 9.91. The molecule has 0 fully saturated rings. The summed E-state index contributed by atoms with van der Waals surface area (Å²) in [5.41, 5.74) is 6.37. The minimum atomic E-state index is -4.40. The van der Waals surface area contributed by atoms with E-state index >= 15 is 0 Å². The fourth-order valence-corrected chi connectivity index (χ4v) is 2.68. The Hall–Kier alpha value is -2.01. The third-order valence-corrected chi connectivity index (χ3v) is 3.67. The summed E-state index contributed by atoms with van der Waals surface area (Å²) in [7, 11) is 0. The smallest absolute Gasteiger partial charge is 0.416 e. The molecule has 0 saturated heterocycles. The van der Waals surface area contributed by atoms with E-state index in [1.807, 2.05) is 12.1 Å². The normalized spacial score (nSPS) is 21.5. The van der Waals surface area contributed by atoms with Gasteiger partial charge in [-0.3, -0.25) is 0 Å². The molecule has 5 heteroatoms. The molecule has 0 amide bonds. The Kier molecular flexibility index (Phi) is 3.37. The van der Waals surface area contributed by atoms with Crippen LogP contribution in [0.15, 0.2) is 48.5 Å². The predicted molar refractivity (Wildman–Crippen MR) is 72.8 cm³/mol. The van der Waals surface area contributed by atoms with Gasteiger partial charge in [-0.15, -0.1) is 0 Å². The summed E-state index contributed by atoms with van der Waals surface area (Å²) in [4.78, 5) is 0. The Morgan fingerprint density at radius 2 is 1.57 bits per heavy atom. The van der Waals surface area contributed by atoms with Gasteiger partial charge in [0.2, 0.25) is 0 Å². The van der Waals surface area contributed by atoms with E-state index in [1.165, 1.54) is 12.1 Å². The number of ether oxygens (including phenoxy) is 1. The van der Waals surface area contributed by atoms with Gasteiger partial charge in [0.05, 0.1) is 5.56 Å². The van der Waals surface area contributed by atoms with Crippen molar-refractivity contribution in [2.24, 2.45) is 5.73 Å². The highest BCUT2D eigenvalue weighted by molar-refractivity contribution is 5.40. The van der Waals surface area contributed by atoms with Crippen LogP contribution in [0.1, 0.15) is 35.3 Å². The lowest BCUT2D eigenvalue weighted by Gasteiger charge is -2.31. The van der Waals surface area contributed by atoms with Gasteiger partial charge < -0.3 is 10.5 Å². The molecule has 21 heavy (non-hydrogen) atoms. The summed E-state index contributed by atoms with van der Waals surface area (Å²) in [5.74, 6) is 0.554. The largest absolute Gasteiger partial charge is 0.485 e. The molecule has 0 spiro atoms. The Balaban J connectivity index is 2.01. The molecule has 3 rings (SSSR count). The first kappa shape index (κ1) is 13.9. The topological polar surface area (TPSA) is 35.2 Å². The molecule has 0 aliphatic carbocycles. The van der Waals surface area contributed by atoms with Gasteiger partial charge in [0, 0.05) is 23.6 Å². The second-order valence-corrected chi connectivity index (χ2v) is 5.07. The minimum absolute atomic E-state index is 0.134. The molecule has 1 aliphatic heterocycles. The number of para-hydroxylation sites is 1. The lowest BCUT2D eigenvalue weighted by Crippen LogP contribution is -2.25. The van der Waals surface area contributed by atoms with Crippen LogP contribution in [0.3, 0.4) is 0 Å². The van der Waals surface area contributed by atoms with Crippen LogP contribution in [-0.2, 0) is 6.18 Å². The number of hydrogen-bond acceptors (Lipinski definition) is 2. The van der Waals surface area contributed by atoms with Crippen LogP contribution in [0.2, 0.25) is 0 Å². The van der Waals surface area contributed by atoms with E-state index in [0.29, 0.717) is 12.2 Å². The van der Waals surface area contributed by atoms with Gasteiger partial charge in [0.15, 0.2) is 0 Å². The van der Waals surface area contributed by atoms with Crippen molar-refractivity contribution in [1.29, 1.82) is 0 Å². The van der Waals surface area contributed by atoms with Crippen LogP contribution in [-0.4, -0.2) is 0 Å². The molecule has 110 valence electrons. The highest BCUT2D eigenvalue weighted by Gasteiger charge is 2.37. The van der Waals surface area contributed by atoms with Crippen LogP contribution in [0.5, 0.6) is 5.75 Å². The van der Waals surface area contributed by atoms with Crippen molar-refractivity contribution in [1.82, 2.24) is 0 Å². The maximum Gasteiger partial charge on any atom is 0.416 e. The average molecular weight is 293 g/mol. The molecule has 1 aliphatic rings. The van der Waals surface area contributed by atoms with Gasteiger partial charge in [-0.1, -0.05) is 36.4 Å². The van der Waals surface area contributed by atoms with Crippen LogP contribution in [0.4, 0.5) is 13.2 Å². The van der Waals surface area contributed by atoms with Gasteiger partial charge >= 0.3 is 6.18 Å². The monoisotopic (exact) mass is 293 g/mol. The molecule has 2 unspecified atom stereocenters. The Labute approximate surface area is 120 Å². The van der Waals surface area contributed by atoms with E-state index in [1.54, 1.807) is 18.2 Å². The van der Waals surface area contributed by atoms with Gasteiger partial charge in [-0.05, 0) is 12.1 Å². The van der Waals surface area contributed by atoms with Crippen LogP contribution < -0.4 is 10.5 Å². The highest BCUT2D eigenvalue weighted by Crippen LogP contribution is 2.43. The maximum absolute atomic E-state index is 13.1. The van der Waals surface area contributed by atoms with Gasteiger partial charge in [0.1, 0.15) is 11.9 Å². The quantitative estimate of drug-likeness (QED) is 0.854. The number of halogens is 3. The summed E-state index contributed by atoms with van der Waals surface area (Å²) in [6, 6.07) is 12.3. The van der Waals surface area contributed by atoms with E-state index < -0.39 is 17.8 Å². The zero-order valence-electron chi connectivity index (χ0n) is 11.1. The first-order chi connectivity index (χ1) is 9.97. The van der Waals surface area contributed by atoms with Crippen molar-refractivity contribution in [3.05, 3.63) is 65.2 Å². The molecule has 2 N–H and O–H groups in total. The van der Waals surface area contributed by atoms with E-state index in [0.717, 1.165) is 11.6 Å². The molecule has 2 aromatic carbocycles. The predicted octanol–water partition coefficient (Wildman–Crippen LogP) is 4.23. The van der Waals surface area contributed by atoms with E-state index in [4.69, 9.17) is 10.5 Å². The first-order valence-electron chi connectivity index (χ1n) is 6.64. The number of nitrogens with two attached hydrogens (primary N) is 1. The Morgan fingerprint density at radius 3 is 2.29 bits per heavy atom. The summed E-state index contributed by atoms with van der Waals surface area (Å²) in [6.07, 6.45) is -4.77. The number of rotatable bonds is 1. The Bertz CT molecular complexity index is 654. The van der Waals surface area contributed by atoms with Crippen molar-refractivity contribution in [2.75, 3.05) is 0 Å². The zero-order valence-corrected chi connectivity index (χ0v) is 11.1. The van der Waals surface area contributed by atoms with Crippen LogP contribution in [0.25, 0.3) is 0 Å². The van der Waals surface area contributed by atoms with E-state index in [9.17, 15) is 13.2 Å². The second-order valence-electron chi connectivity index (χ2n) is 5.07. The van der Waals surface area contributed by atoms with Crippen molar-refractivity contribution in [2.45, 2.75) is 24.7 Å². The summed E-state index contributed by atoms with van der Waals surface area (Å²) in [6.45, 7) is 0. The fourth-order valence-electron chi connectivity index (χ4n) is 2.68. The fraction of sp³-hybridized carbons (Fsp3) is 0.250. The maximum atomic E-state index is 13.1. The van der Waals surface area contributed by atoms with Crippen molar-refractivity contribution >= 4 is 0 Å². The standard InChI is InChI=1S/C16H14F3NO/c17-16(18,19)12-7-3-1-5-10(12)15-9-13(20)11-6-2-4-8-14(11)21-15/h1-8,13,15H,9,20H2. The third kappa shape index (κ3) is 2.61. The van der Waals surface area contributed by atoms with Crippen molar-refractivity contribution in [3.63, 3.8) is 0 Å². The average Bonchev–Trinajstić information content (AvgIpc) is 2.46. The molecule has 2 aromatic rings. The summed E-state index contributed by atoms with van der Waals surface area (Å²) in [5, 5.41) is 0. The Morgan fingerprint density at radius 1 is 0.952 bits per heavy atom. The first-order valence-corrected chi connectivity index (χ1v) is 6.64. The highest BCUT2D eigenvalue weighted by atomic mass is 19.4. The number of fused-ring (bicyclic) bond motifs is 1. The number of hydrogen-bond donors (Lipinski definition) is 1. The number of alkyl halides is 3. The third-order valence-electron chi connectivity index (χ3n) is 3.67. The molecule has 0 radical (unpaired) electrons. The van der Waals surface area contributed by atoms with E-state index in [2.05, 4.69) is 0 Å². The van der Waals surface area contributed by atoms with Crippen molar-refractivity contribution in [3.8, 4) is 5.75 Å². The molecular formula is C16H14F3NO. The second kappa shape index (κ2) is 5.07. The molecule has 0 aromatic heterocycles. The SMILES string of the molecule is NC1CC(c2ccccc2C(F)(F)F)Oc2ccccc21. The van der Waals surface area contributed by atoms with Crippen molar-refractivity contribution < 1.29 is 17.9 Å². The van der Waals surface area contributed by atoms with Gasteiger partial charge in [0.25, 0.3) is 0 Å². The molecule has 2 atom stereocenters. The molecule has 0 bridgehead atoms. The summed E-state index contributed by atoms with van der Waals surface area (Å²) < 4.78 is 45.1. The number of benzene rings is 2. The van der Waals surface area contributed by atoms with Crippen LogP contribution in [0, 0.1) is 0 Å². The van der Waals surface area contributed by atoms with Gasteiger partial charge in [-0.25, -0.2) is 0 Å². The molecular weight excluding hydrogens is 279 g/mol. The molecule has 2 nitrogen and oxygen atoms in total. The van der Waals surface area contributed by atoms with E-state index in [-0.39, 0.29) is 11.6 Å². The van der Waals surface area contributed by atoms with Gasteiger partial charge in [-0.2, -0.15) is 13.2 Å². The minimum Gasteiger partial charge on any atom is -0.485 e.